The Labute approximate surface area is 126 Å². The van der Waals surface area contributed by atoms with Crippen molar-refractivity contribution in [2.45, 2.75) is 19.5 Å². The lowest BCUT2D eigenvalue weighted by Crippen LogP contribution is -2.18. The van der Waals surface area contributed by atoms with E-state index < -0.39 is 10.7 Å². The Hall–Kier alpha value is -1.98. The van der Waals surface area contributed by atoms with Gasteiger partial charge in [-0.3, -0.25) is 10.1 Å². The Bertz CT molecular complexity index is 664. The number of rotatable bonds is 5. The minimum Gasteiger partial charge on any atom is -0.306 e. The Balaban J connectivity index is 2.07. The summed E-state index contributed by atoms with van der Waals surface area (Å²) in [6.45, 7) is 2.27. The third kappa shape index (κ3) is 4.24. The minimum absolute atomic E-state index is 0.00831. The van der Waals surface area contributed by atoms with Crippen molar-refractivity contribution < 1.29 is 9.31 Å². The molecule has 0 bridgehead atoms. The second kappa shape index (κ2) is 6.65. The first-order valence-electron chi connectivity index (χ1n) is 6.38. The number of nitro groups is 1. The normalized spacial score (nSPS) is 12.1. The van der Waals surface area contributed by atoms with Crippen molar-refractivity contribution in [1.29, 1.82) is 0 Å². The maximum atomic E-state index is 13.3. The molecule has 0 fully saturated rings. The summed E-state index contributed by atoms with van der Waals surface area (Å²) in [5.74, 6) is -0.614. The zero-order chi connectivity index (χ0) is 15.4. The maximum absolute atomic E-state index is 13.3. The van der Waals surface area contributed by atoms with E-state index in [-0.39, 0.29) is 11.7 Å². The summed E-state index contributed by atoms with van der Waals surface area (Å²) >= 11 is 5.93. The second-order valence-corrected chi connectivity index (χ2v) is 5.17. The van der Waals surface area contributed by atoms with Gasteiger partial charge in [0.05, 0.1) is 11.0 Å². The van der Waals surface area contributed by atoms with E-state index in [1.54, 1.807) is 6.07 Å². The molecule has 2 rings (SSSR count). The second-order valence-electron chi connectivity index (χ2n) is 4.73. The average molecular weight is 309 g/mol. The third-order valence-corrected chi connectivity index (χ3v) is 3.35. The highest BCUT2D eigenvalue weighted by Crippen LogP contribution is 2.19. The molecule has 2 aromatic carbocycles. The van der Waals surface area contributed by atoms with Gasteiger partial charge in [-0.2, -0.15) is 0 Å². The van der Waals surface area contributed by atoms with E-state index in [2.05, 4.69) is 5.32 Å². The van der Waals surface area contributed by atoms with Crippen LogP contribution in [0.1, 0.15) is 24.1 Å². The van der Waals surface area contributed by atoms with E-state index in [1.165, 1.54) is 12.1 Å². The summed E-state index contributed by atoms with van der Waals surface area (Å²) in [6.07, 6.45) is 0. The van der Waals surface area contributed by atoms with Crippen molar-refractivity contribution in [2.24, 2.45) is 0 Å². The number of nitrogens with zero attached hydrogens (tertiary/aromatic N) is 1. The molecule has 1 atom stereocenters. The van der Waals surface area contributed by atoms with Gasteiger partial charge in [0, 0.05) is 23.7 Å². The molecule has 110 valence electrons. The van der Waals surface area contributed by atoms with Gasteiger partial charge in [0.1, 0.15) is 5.82 Å². The molecular formula is C15H14ClFN2O2. The molecule has 0 aromatic heterocycles. The molecule has 0 aliphatic heterocycles. The van der Waals surface area contributed by atoms with Gasteiger partial charge in [-0.1, -0.05) is 23.7 Å². The number of halogens is 2. The first-order chi connectivity index (χ1) is 9.95. The SMILES string of the molecule is C[C@H](NCc1cc(F)cc([N+](=O)[O-])c1)c1cccc(Cl)c1. The lowest BCUT2D eigenvalue weighted by Gasteiger charge is -2.14. The number of hydrogen-bond donors (Lipinski definition) is 1. The monoisotopic (exact) mass is 308 g/mol. The van der Waals surface area contributed by atoms with Gasteiger partial charge in [-0.25, -0.2) is 4.39 Å². The zero-order valence-electron chi connectivity index (χ0n) is 11.3. The van der Waals surface area contributed by atoms with Crippen LogP contribution >= 0.6 is 11.6 Å². The van der Waals surface area contributed by atoms with Crippen LogP contribution < -0.4 is 5.32 Å². The molecule has 2 aromatic rings. The minimum atomic E-state index is -0.614. The lowest BCUT2D eigenvalue weighted by atomic mass is 10.1. The number of hydrogen-bond acceptors (Lipinski definition) is 3. The van der Waals surface area contributed by atoms with Crippen molar-refractivity contribution in [3.05, 3.63) is 74.5 Å². The van der Waals surface area contributed by atoms with Crippen molar-refractivity contribution in [2.75, 3.05) is 0 Å². The molecular weight excluding hydrogens is 295 g/mol. The van der Waals surface area contributed by atoms with Crippen LogP contribution in [0.2, 0.25) is 5.02 Å². The molecule has 1 N–H and O–H groups in total. The van der Waals surface area contributed by atoms with Gasteiger partial charge in [-0.05, 0) is 36.2 Å². The van der Waals surface area contributed by atoms with Gasteiger partial charge < -0.3 is 5.32 Å². The Morgan fingerprint density at radius 2 is 2.10 bits per heavy atom. The fourth-order valence-corrected chi connectivity index (χ4v) is 2.20. The highest BCUT2D eigenvalue weighted by Gasteiger charge is 2.11. The van der Waals surface area contributed by atoms with Crippen LogP contribution in [0.4, 0.5) is 10.1 Å². The number of nitrogens with one attached hydrogen (secondary N) is 1. The molecule has 0 unspecified atom stereocenters. The fourth-order valence-electron chi connectivity index (χ4n) is 2.01. The summed E-state index contributed by atoms with van der Waals surface area (Å²) in [7, 11) is 0. The van der Waals surface area contributed by atoms with E-state index in [9.17, 15) is 14.5 Å². The highest BCUT2D eigenvalue weighted by molar-refractivity contribution is 6.30. The Morgan fingerprint density at radius 3 is 2.76 bits per heavy atom. The number of nitro benzene ring substituents is 1. The van der Waals surface area contributed by atoms with Crippen LogP contribution in [0.3, 0.4) is 0 Å². The molecule has 0 saturated heterocycles. The molecule has 0 amide bonds. The summed E-state index contributed by atoms with van der Waals surface area (Å²) in [4.78, 5) is 10.1. The van der Waals surface area contributed by atoms with Crippen molar-refractivity contribution in [1.82, 2.24) is 5.32 Å². The molecule has 0 aliphatic carbocycles. The molecule has 21 heavy (non-hydrogen) atoms. The van der Waals surface area contributed by atoms with Gasteiger partial charge in [0.15, 0.2) is 0 Å². The quantitative estimate of drug-likeness (QED) is 0.664. The molecule has 6 heteroatoms. The van der Waals surface area contributed by atoms with Crippen LogP contribution in [0.5, 0.6) is 0 Å². The van der Waals surface area contributed by atoms with Crippen molar-refractivity contribution in [3.8, 4) is 0 Å². The first-order valence-corrected chi connectivity index (χ1v) is 6.76. The van der Waals surface area contributed by atoms with E-state index in [0.717, 1.165) is 11.6 Å². The molecule has 0 spiro atoms. The number of non-ortho nitro benzene ring substituents is 1. The Kier molecular flexibility index (Phi) is 4.88. The van der Waals surface area contributed by atoms with Gasteiger partial charge >= 0.3 is 0 Å². The number of benzene rings is 2. The van der Waals surface area contributed by atoms with E-state index in [0.29, 0.717) is 17.1 Å². The maximum Gasteiger partial charge on any atom is 0.272 e. The smallest absolute Gasteiger partial charge is 0.272 e. The standard InChI is InChI=1S/C15H14ClFN2O2/c1-10(12-3-2-4-13(16)7-12)18-9-11-5-14(17)8-15(6-11)19(20)21/h2-8,10,18H,9H2,1H3/t10-/m0/s1. The molecule has 0 saturated carbocycles. The van der Waals surface area contributed by atoms with E-state index >= 15 is 0 Å². The van der Waals surface area contributed by atoms with Crippen LogP contribution in [0.25, 0.3) is 0 Å². The zero-order valence-corrected chi connectivity index (χ0v) is 12.1. The predicted octanol–water partition coefficient (Wildman–Crippen LogP) is 4.24. The molecule has 0 radical (unpaired) electrons. The highest BCUT2D eigenvalue weighted by atomic mass is 35.5. The lowest BCUT2D eigenvalue weighted by molar-refractivity contribution is -0.385. The molecule has 0 aliphatic rings. The van der Waals surface area contributed by atoms with Crippen LogP contribution in [-0.2, 0) is 6.54 Å². The molecule has 0 heterocycles. The van der Waals surface area contributed by atoms with Crippen molar-refractivity contribution in [3.63, 3.8) is 0 Å². The van der Waals surface area contributed by atoms with Crippen LogP contribution in [-0.4, -0.2) is 4.92 Å². The summed E-state index contributed by atoms with van der Waals surface area (Å²) < 4.78 is 13.3. The first kappa shape index (κ1) is 15.4. The van der Waals surface area contributed by atoms with E-state index in [1.807, 2.05) is 25.1 Å². The summed E-state index contributed by atoms with van der Waals surface area (Å²) in [5.41, 5.74) is 1.27. The largest absolute Gasteiger partial charge is 0.306 e. The van der Waals surface area contributed by atoms with Crippen LogP contribution in [0, 0.1) is 15.9 Å². The predicted molar refractivity (Wildman–Crippen MR) is 79.8 cm³/mol. The summed E-state index contributed by atoms with van der Waals surface area (Å²) in [6, 6.07) is 10.9. The van der Waals surface area contributed by atoms with E-state index in [4.69, 9.17) is 11.6 Å². The van der Waals surface area contributed by atoms with Crippen molar-refractivity contribution >= 4 is 17.3 Å². The average Bonchev–Trinajstić information content (AvgIpc) is 2.44. The molecule has 4 nitrogen and oxygen atoms in total. The topological polar surface area (TPSA) is 55.2 Å². The Morgan fingerprint density at radius 1 is 1.33 bits per heavy atom. The van der Waals surface area contributed by atoms with Gasteiger partial charge in [0.2, 0.25) is 0 Å². The summed E-state index contributed by atoms with van der Waals surface area (Å²) in [5, 5.41) is 14.5. The van der Waals surface area contributed by atoms with Gasteiger partial charge in [0.25, 0.3) is 5.69 Å². The van der Waals surface area contributed by atoms with Crippen LogP contribution in [0.15, 0.2) is 42.5 Å². The third-order valence-electron chi connectivity index (χ3n) is 3.11. The fraction of sp³-hybridized carbons (Fsp3) is 0.200. The van der Waals surface area contributed by atoms with Gasteiger partial charge in [-0.15, -0.1) is 0 Å².